The Bertz CT molecular complexity index is 1640. The van der Waals surface area contributed by atoms with Crippen molar-refractivity contribution in [1.82, 2.24) is 26.2 Å². The van der Waals surface area contributed by atoms with E-state index in [9.17, 15) is 48.6 Å². The van der Waals surface area contributed by atoms with E-state index in [4.69, 9.17) is 16.6 Å². The first-order valence-corrected chi connectivity index (χ1v) is 16.9. The van der Waals surface area contributed by atoms with E-state index in [2.05, 4.69) is 21.3 Å². The summed E-state index contributed by atoms with van der Waals surface area (Å²) in [5.74, 6) is -7.19. The van der Waals surface area contributed by atoms with Gasteiger partial charge in [0.05, 0.1) is 12.6 Å². The van der Waals surface area contributed by atoms with E-state index in [1.54, 1.807) is 30.3 Å². The van der Waals surface area contributed by atoms with Crippen molar-refractivity contribution >= 4 is 47.4 Å². The summed E-state index contributed by atoms with van der Waals surface area (Å²) in [6.45, 7) is -0.547. The van der Waals surface area contributed by atoms with Gasteiger partial charge in [-0.1, -0.05) is 42.5 Å². The van der Waals surface area contributed by atoms with Gasteiger partial charge in [0.25, 0.3) is 0 Å². The van der Waals surface area contributed by atoms with Crippen LogP contribution in [-0.2, 0) is 51.2 Å². The van der Waals surface area contributed by atoms with E-state index in [1.807, 2.05) is 0 Å². The average molecular weight is 740 g/mol. The van der Waals surface area contributed by atoms with Gasteiger partial charge in [0.1, 0.15) is 29.9 Å². The van der Waals surface area contributed by atoms with Gasteiger partial charge in [0.2, 0.25) is 35.4 Å². The summed E-state index contributed by atoms with van der Waals surface area (Å²) in [6, 6.07) is 8.04. The van der Waals surface area contributed by atoms with Crippen LogP contribution in [0.15, 0.2) is 54.6 Å². The van der Waals surface area contributed by atoms with Gasteiger partial charge in [-0.3, -0.25) is 33.6 Å². The highest BCUT2D eigenvalue weighted by Gasteiger charge is 2.38. The van der Waals surface area contributed by atoms with E-state index in [0.29, 0.717) is 17.5 Å². The Balaban J connectivity index is 1.76. The van der Waals surface area contributed by atoms with Crippen LogP contribution in [0.25, 0.3) is 0 Å². The van der Waals surface area contributed by atoms with Crippen LogP contribution in [0.1, 0.15) is 49.7 Å². The Morgan fingerprint density at radius 2 is 1.36 bits per heavy atom. The maximum atomic E-state index is 13.7. The lowest BCUT2D eigenvalue weighted by atomic mass is 10.0. The van der Waals surface area contributed by atoms with Crippen molar-refractivity contribution in [3.63, 3.8) is 0 Å². The van der Waals surface area contributed by atoms with Crippen LogP contribution in [-0.4, -0.2) is 111 Å². The zero-order valence-electron chi connectivity index (χ0n) is 28.9. The Morgan fingerprint density at radius 1 is 0.755 bits per heavy atom. The second kappa shape index (κ2) is 20.1. The quantitative estimate of drug-likeness (QED) is 0.0733. The van der Waals surface area contributed by atoms with E-state index < -0.39 is 84.1 Å². The van der Waals surface area contributed by atoms with Crippen molar-refractivity contribution in [2.24, 2.45) is 11.5 Å². The van der Waals surface area contributed by atoms with Crippen LogP contribution >= 0.6 is 0 Å². The maximum Gasteiger partial charge on any atom is 0.326 e. The third-order valence-electron chi connectivity index (χ3n) is 8.49. The number of carboxylic acids is 2. The van der Waals surface area contributed by atoms with Gasteiger partial charge in [-0.05, 0) is 48.9 Å². The summed E-state index contributed by atoms with van der Waals surface area (Å²) < 4.78 is 0. The summed E-state index contributed by atoms with van der Waals surface area (Å²) in [4.78, 5) is 102. The highest BCUT2D eigenvalue weighted by Crippen LogP contribution is 2.20. The lowest BCUT2D eigenvalue weighted by molar-refractivity contribution is -0.149. The van der Waals surface area contributed by atoms with E-state index in [-0.39, 0.29) is 57.2 Å². The van der Waals surface area contributed by atoms with Crippen molar-refractivity contribution in [1.29, 1.82) is 0 Å². The molecule has 0 radical (unpaired) electrons. The number of carbonyl (C=O) groups is 8. The first-order valence-electron chi connectivity index (χ1n) is 16.9. The second-order valence-corrected chi connectivity index (χ2v) is 12.6. The number of hydrogen-bond acceptors (Lipinski definition) is 10. The molecular formula is C35H45N7O11. The fraction of sp³-hybridized carbons (Fsp3) is 0.429. The molecule has 1 aliphatic rings. The van der Waals surface area contributed by atoms with Gasteiger partial charge in [-0.25, -0.2) is 4.79 Å². The molecule has 0 unspecified atom stereocenters. The van der Waals surface area contributed by atoms with Crippen molar-refractivity contribution in [3.8, 4) is 5.75 Å². The third-order valence-corrected chi connectivity index (χ3v) is 8.49. The number of carbonyl (C=O) groups excluding carboxylic acids is 6. The molecule has 0 aromatic heterocycles. The van der Waals surface area contributed by atoms with Gasteiger partial charge < -0.3 is 53.0 Å². The summed E-state index contributed by atoms with van der Waals surface area (Å²) in [5.41, 5.74) is 12.3. The number of benzene rings is 2. The number of phenolic OH excluding ortho intramolecular Hbond substituents is 1. The largest absolute Gasteiger partial charge is 0.508 e. The van der Waals surface area contributed by atoms with Gasteiger partial charge in [-0.15, -0.1) is 0 Å². The number of carboxylic acid groups (broad SMARTS) is 2. The average Bonchev–Trinajstić information content (AvgIpc) is 3.62. The minimum Gasteiger partial charge on any atom is -0.508 e. The molecule has 3 rings (SSSR count). The van der Waals surface area contributed by atoms with Gasteiger partial charge in [-0.2, -0.15) is 0 Å². The fourth-order valence-corrected chi connectivity index (χ4v) is 5.66. The van der Waals surface area contributed by atoms with Crippen LogP contribution in [0.2, 0.25) is 0 Å². The number of hydrogen-bond donors (Lipinski definition) is 9. The van der Waals surface area contributed by atoms with Crippen molar-refractivity contribution in [3.05, 3.63) is 65.7 Å². The minimum atomic E-state index is -1.37. The molecule has 1 saturated heterocycles. The highest BCUT2D eigenvalue weighted by atomic mass is 16.4. The molecule has 11 N–H and O–H groups in total. The molecule has 0 spiro atoms. The molecule has 1 fully saturated rings. The molecule has 0 bridgehead atoms. The first kappa shape index (κ1) is 41.4. The number of aliphatic carboxylic acids is 2. The Hall–Kier alpha value is -6.04. The molecule has 0 aliphatic carbocycles. The number of aromatic hydroxyl groups is 1. The molecule has 6 amide bonds. The topological polar surface area (TPSA) is 301 Å². The first-order chi connectivity index (χ1) is 25.1. The molecule has 286 valence electrons. The number of nitrogens with zero attached hydrogens (tertiary/aromatic N) is 1. The zero-order chi connectivity index (χ0) is 39.1. The minimum absolute atomic E-state index is 0.00194. The summed E-state index contributed by atoms with van der Waals surface area (Å²) in [7, 11) is 0. The highest BCUT2D eigenvalue weighted by molar-refractivity contribution is 5.96. The normalized spacial score (nSPS) is 15.9. The third kappa shape index (κ3) is 13.6. The van der Waals surface area contributed by atoms with Crippen LogP contribution in [0.5, 0.6) is 5.75 Å². The monoisotopic (exact) mass is 739 g/mol. The lowest BCUT2D eigenvalue weighted by Crippen LogP contribution is -2.57. The standard InChI is InChI=1S/C35H45N7O11/c36-23(12-15-30(46)47)31(48)41-25(17-20-5-2-1-3-6-20)32(49)38-19-29(45)39-26(18-21-8-10-22(43)11-9-21)33(50)40-24(13-14-28(37)44)34(51)42-16-4-7-27(42)35(52)53/h1-3,5-6,8-11,23-27,43H,4,7,12-19,36H2,(H2,37,44)(H,38,49)(H,39,45)(H,40,50)(H,41,48)(H,46,47)(H,52,53)/t23-,24-,25-,26-,27-/m0/s1. The number of rotatable bonds is 20. The maximum absolute atomic E-state index is 13.7. The predicted molar refractivity (Wildman–Crippen MR) is 186 cm³/mol. The van der Waals surface area contributed by atoms with E-state index >= 15 is 0 Å². The van der Waals surface area contributed by atoms with Crippen LogP contribution in [0.4, 0.5) is 0 Å². The number of phenols is 1. The molecule has 2 aromatic rings. The number of nitrogens with two attached hydrogens (primary N) is 2. The van der Waals surface area contributed by atoms with Crippen LogP contribution in [0, 0.1) is 0 Å². The Morgan fingerprint density at radius 3 is 1.96 bits per heavy atom. The fourth-order valence-electron chi connectivity index (χ4n) is 5.66. The number of amides is 6. The molecule has 1 heterocycles. The van der Waals surface area contributed by atoms with E-state index in [0.717, 1.165) is 4.90 Å². The Kier molecular flexibility index (Phi) is 15.7. The molecular weight excluding hydrogens is 694 g/mol. The number of primary amides is 1. The van der Waals surface area contributed by atoms with Gasteiger partial charge in [0, 0.05) is 32.2 Å². The summed E-state index contributed by atoms with van der Waals surface area (Å²) >= 11 is 0. The number of likely N-dealkylation sites (tertiary alicyclic amines) is 1. The molecule has 18 heteroatoms. The molecule has 2 aromatic carbocycles. The van der Waals surface area contributed by atoms with Crippen molar-refractivity contribution in [2.75, 3.05) is 13.1 Å². The smallest absolute Gasteiger partial charge is 0.326 e. The molecule has 18 nitrogen and oxygen atoms in total. The van der Waals surface area contributed by atoms with Gasteiger partial charge >= 0.3 is 11.9 Å². The lowest BCUT2D eigenvalue weighted by Gasteiger charge is -2.28. The van der Waals surface area contributed by atoms with Crippen LogP contribution in [0.3, 0.4) is 0 Å². The predicted octanol–water partition coefficient (Wildman–Crippen LogP) is -1.72. The molecule has 53 heavy (non-hydrogen) atoms. The van der Waals surface area contributed by atoms with E-state index in [1.165, 1.54) is 24.3 Å². The molecule has 1 aliphatic heterocycles. The summed E-state index contributed by atoms with van der Waals surface area (Å²) in [6.07, 6.45) is -0.635. The van der Waals surface area contributed by atoms with Crippen molar-refractivity contribution < 1.29 is 53.7 Å². The van der Waals surface area contributed by atoms with Crippen molar-refractivity contribution in [2.45, 2.75) is 81.6 Å². The summed E-state index contributed by atoms with van der Waals surface area (Å²) in [5, 5.41) is 38.2. The van der Waals surface area contributed by atoms with Crippen LogP contribution < -0.4 is 32.7 Å². The Labute approximate surface area is 304 Å². The SMILES string of the molecule is NC(=O)CC[C@H](NC(=O)[C@H](Cc1ccc(O)cc1)NC(=O)CNC(=O)[C@H](Cc1ccccc1)NC(=O)[C@@H](N)CCC(=O)O)C(=O)N1CCC[C@H]1C(=O)O. The van der Waals surface area contributed by atoms with Gasteiger partial charge in [0.15, 0.2) is 0 Å². The number of nitrogens with one attached hydrogen (secondary N) is 4. The second-order valence-electron chi connectivity index (χ2n) is 12.6. The molecule has 0 saturated carbocycles. The zero-order valence-corrected chi connectivity index (χ0v) is 28.9. The molecule has 5 atom stereocenters.